The first kappa shape index (κ1) is 15.5. The van der Waals surface area contributed by atoms with Gasteiger partial charge in [0.05, 0.1) is 5.41 Å². The van der Waals surface area contributed by atoms with E-state index >= 15 is 0 Å². The van der Waals surface area contributed by atoms with Crippen molar-refractivity contribution in [1.82, 2.24) is 5.32 Å². The van der Waals surface area contributed by atoms with Gasteiger partial charge in [-0.1, -0.05) is 39.5 Å². The molecule has 1 saturated carbocycles. The maximum absolute atomic E-state index is 12.3. The zero-order valence-electron chi connectivity index (χ0n) is 12.3. The molecule has 1 amide bonds. The van der Waals surface area contributed by atoms with E-state index < -0.39 is 0 Å². The molecule has 1 fully saturated rings. The number of amides is 1. The second-order valence-corrected chi connectivity index (χ2v) is 6.39. The highest BCUT2D eigenvalue weighted by molar-refractivity contribution is 5.83. The van der Waals surface area contributed by atoms with Crippen molar-refractivity contribution < 1.29 is 4.79 Å². The summed E-state index contributed by atoms with van der Waals surface area (Å²) in [5.41, 5.74) is 5.57. The highest BCUT2D eigenvalue weighted by Gasteiger charge is 2.39. The van der Waals surface area contributed by atoms with Crippen LogP contribution in [0.1, 0.15) is 65.7 Å². The maximum atomic E-state index is 12.3. The average molecular weight is 254 g/mol. The topological polar surface area (TPSA) is 55.1 Å². The molecule has 1 unspecified atom stereocenters. The molecule has 0 spiro atoms. The summed E-state index contributed by atoms with van der Waals surface area (Å²) < 4.78 is 0. The molecule has 0 aliphatic heterocycles. The van der Waals surface area contributed by atoms with Crippen molar-refractivity contribution in [2.75, 3.05) is 6.54 Å². The minimum Gasteiger partial charge on any atom is -0.353 e. The average Bonchev–Trinajstić information content (AvgIpc) is 2.78. The van der Waals surface area contributed by atoms with Crippen LogP contribution in [0.15, 0.2) is 0 Å². The minimum atomic E-state index is -0.258. The molecular formula is C15H30N2O. The Balaban J connectivity index is 2.34. The number of nitrogens with two attached hydrogens (primary N) is 1. The maximum Gasteiger partial charge on any atom is 0.227 e. The molecule has 1 aliphatic carbocycles. The van der Waals surface area contributed by atoms with Crippen LogP contribution in [0.5, 0.6) is 0 Å². The number of nitrogens with one attached hydrogen (secondary N) is 1. The van der Waals surface area contributed by atoms with E-state index in [0.717, 1.165) is 38.0 Å². The predicted molar refractivity (Wildman–Crippen MR) is 76.2 cm³/mol. The molecule has 3 N–H and O–H groups in total. The third-order valence-corrected chi connectivity index (χ3v) is 4.23. The van der Waals surface area contributed by atoms with E-state index in [9.17, 15) is 4.79 Å². The van der Waals surface area contributed by atoms with E-state index in [-0.39, 0.29) is 17.4 Å². The van der Waals surface area contributed by atoms with E-state index in [0.29, 0.717) is 6.54 Å². The normalized spacial score (nSPS) is 20.1. The first-order valence-corrected chi connectivity index (χ1v) is 7.51. The van der Waals surface area contributed by atoms with Gasteiger partial charge in [0, 0.05) is 12.6 Å². The molecule has 3 nitrogen and oxygen atoms in total. The molecule has 0 bridgehead atoms. The van der Waals surface area contributed by atoms with Gasteiger partial charge in [-0.3, -0.25) is 4.79 Å². The van der Waals surface area contributed by atoms with Gasteiger partial charge in [0.1, 0.15) is 0 Å². The van der Waals surface area contributed by atoms with Crippen LogP contribution in [0.4, 0.5) is 0 Å². The summed E-state index contributed by atoms with van der Waals surface area (Å²) in [5, 5.41) is 3.17. The summed E-state index contributed by atoms with van der Waals surface area (Å²) in [7, 11) is 0. The van der Waals surface area contributed by atoms with Crippen molar-refractivity contribution in [1.29, 1.82) is 0 Å². The largest absolute Gasteiger partial charge is 0.353 e. The Kier molecular flexibility index (Phi) is 6.13. The molecule has 0 aromatic heterocycles. The van der Waals surface area contributed by atoms with Gasteiger partial charge in [0.2, 0.25) is 5.91 Å². The highest BCUT2D eigenvalue weighted by atomic mass is 16.2. The van der Waals surface area contributed by atoms with Crippen molar-refractivity contribution >= 4 is 5.91 Å². The Morgan fingerprint density at radius 3 is 2.33 bits per heavy atom. The fourth-order valence-corrected chi connectivity index (χ4v) is 2.86. The third-order valence-electron chi connectivity index (χ3n) is 4.23. The summed E-state index contributed by atoms with van der Waals surface area (Å²) in [6, 6.07) is 0.278. The van der Waals surface area contributed by atoms with Crippen LogP contribution < -0.4 is 11.1 Å². The molecule has 1 aliphatic rings. The van der Waals surface area contributed by atoms with Crippen LogP contribution in [0.3, 0.4) is 0 Å². The van der Waals surface area contributed by atoms with Crippen LogP contribution in [0.25, 0.3) is 0 Å². The van der Waals surface area contributed by atoms with Crippen LogP contribution in [-0.4, -0.2) is 18.5 Å². The predicted octanol–water partition coefficient (Wildman–Crippen LogP) is 2.84. The van der Waals surface area contributed by atoms with E-state index in [2.05, 4.69) is 26.1 Å². The standard InChI is InChI=1S/C15H30N2O/c1-12(2)7-6-8-13(3)17-14(18)15(11-16)9-4-5-10-15/h12-13H,4-11,16H2,1-3H3,(H,17,18). The molecule has 106 valence electrons. The van der Waals surface area contributed by atoms with Gasteiger partial charge in [-0.05, 0) is 32.1 Å². The van der Waals surface area contributed by atoms with Crippen molar-refractivity contribution in [3.05, 3.63) is 0 Å². The van der Waals surface area contributed by atoms with Gasteiger partial charge in [0.15, 0.2) is 0 Å². The summed E-state index contributed by atoms with van der Waals surface area (Å²) in [5.74, 6) is 0.942. The molecule has 0 aromatic carbocycles. The van der Waals surface area contributed by atoms with E-state index in [4.69, 9.17) is 5.73 Å². The number of hydrogen-bond acceptors (Lipinski definition) is 2. The lowest BCUT2D eigenvalue weighted by atomic mass is 9.85. The Hall–Kier alpha value is -0.570. The van der Waals surface area contributed by atoms with Gasteiger partial charge < -0.3 is 11.1 Å². The van der Waals surface area contributed by atoms with Crippen LogP contribution >= 0.6 is 0 Å². The molecule has 1 rings (SSSR count). The van der Waals surface area contributed by atoms with Crippen LogP contribution in [0.2, 0.25) is 0 Å². The summed E-state index contributed by atoms with van der Waals surface area (Å²) in [4.78, 5) is 12.3. The zero-order chi connectivity index (χ0) is 13.6. The third kappa shape index (κ3) is 4.27. The monoisotopic (exact) mass is 254 g/mol. The first-order chi connectivity index (χ1) is 8.50. The van der Waals surface area contributed by atoms with Crippen molar-refractivity contribution in [2.45, 2.75) is 71.8 Å². The van der Waals surface area contributed by atoms with Crippen LogP contribution in [0, 0.1) is 11.3 Å². The molecule has 1 atom stereocenters. The Morgan fingerprint density at radius 2 is 1.83 bits per heavy atom. The lowest BCUT2D eigenvalue weighted by molar-refractivity contribution is -0.131. The quantitative estimate of drug-likeness (QED) is 0.734. The number of rotatable bonds is 7. The zero-order valence-corrected chi connectivity index (χ0v) is 12.3. The van der Waals surface area contributed by atoms with Gasteiger partial charge in [-0.25, -0.2) is 0 Å². The van der Waals surface area contributed by atoms with Gasteiger partial charge in [-0.2, -0.15) is 0 Å². The second-order valence-electron chi connectivity index (χ2n) is 6.39. The van der Waals surface area contributed by atoms with E-state index in [1.807, 2.05) is 0 Å². The summed E-state index contributed by atoms with van der Waals surface area (Å²) >= 11 is 0. The highest BCUT2D eigenvalue weighted by Crippen LogP contribution is 2.37. The molecule has 0 aromatic rings. The van der Waals surface area contributed by atoms with Crippen LogP contribution in [-0.2, 0) is 4.79 Å². The number of carbonyl (C=O) groups is 1. The Morgan fingerprint density at radius 1 is 1.22 bits per heavy atom. The fourth-order valence-electron chi connectivity index (χ4n) is 2.86. The van der Waals surface area contributed by atoms with Gasteiger partial charge >= 0.3 is 0 Å². The second kappa shape index (κ2) is 7.13. The Labute approximate surface area is 112 Å². The smallest absolute Gasteiger partial charge is 0.227 e. The Bertz CT molecular complexity index is 257. The lowest BCUT2D eigenvalue weighted by Gasteiger charge is -2.28. The van der Waals surface area contributed by atoms with Gasteiger partial charge in [0.25, 0.3) is 0 Å². The minimum absolute atomic E-state index is 0.194. The fraction of sp³-hybridized carbons (Fsp3) is 0.933. The number of carbonyl (C=O) groups excluding carboxylic acids is 1. The van der Waals surface area contributed by atoms with Crippen molar-refractivity contribution in [2.24, 2.45) is 17.1 Å². The molecule has 18 heavy (non-hydrogen) atoms. The van der Waals surface area contributed by atoms with E-state index in [1.54, 1.807) is 0 Å². The molecule has 0 saturated heterocycles. The SMILES string of the molecule is CC(C)CCCC(C)NC(=O)C1(CN)CCCC1. The molecule has 0 radical (unpaired) electrons. The van der Waals surface area contributed by atoms with Crippen molar-refractivity contribution in [3.63, 3.8) is 0 Å². The molecular weight excluding hydrogens is 224 g/mol. The number of hydrogen-bond donors (Lipinski definition) is 2. The summed E-state index contributed by atoms with van der Waals surface area (Å²) in [6.07, 6.45) is 7.72. The molecule has 0 heterocycles. The first-order valence-electron chi connectivity index (χ1n) is 7.51. The molecule has 3 heteroatoms. The van der Waals surface area contributed by atoms with Crippen molar-refractivity contribution in [3.8, 4) is 0 Å². The van der Waals surface area contributed by atoms with E-state index in [1.165, 1.54) is 12.8 Å². The summed E-state index contributed by atoms with van der Waals surface area (Å²) in [6.45, 7) is 7.09. The van der Waals surface area contributed by atoms with Gasteiger partial charge in [-0.15, -0.1) is 0 Å². The lowest BCUT2D eigenvalue weighted by Crippen LogP contribution is -2.47.